The van der Waals surface area contributed by atoms with Crippen LogP contribution in [-0.4, -0.2) is 4.98 Å². The third kappa shape index (κ3) is 1.78. The summed E-state index contributed by atoms with van der Waals surface area (Å²) in [5.74, 6) is 0. The molecular weight excluding hydrogens is 192 g/mol. The molecule has 0 unspecified atom stereocenters. The van der Waals surface area contributed by atoms with Crippen molar-refractivity contribution >= 4 is 0 Å². The number of nitrogens with zero attached hydrogens (tertiary/aromatic N) is 1. The fraction of sp³-hybridized carbons (Fsp3) is 0.250. The van der Waals surface area contributed by atoms with E-state index in [4.69, 9.17) is 11.0 Å². The Kier molecular flexibility index (Phi) is 2.94. The molecule has 0 fully saturated rings. The van der Waals surface area contributed by atoms with Crippen LogP contribution in [0.15, 0.2) is 10.9 Å². The van der Waals surface area contributed by atoms with Crippen molar-refractivity contribution in [3.05, 3.63) is 33.2 Å². The molecule has 1 heterocycles. The lowest BCUT2D eigenvalue weighted by molar-refractivity contribution is 0.150. The van der Waals surface area contributed by atoms with Gasteiger partial charge in [0.15, 0.2) is 0 Å². The number of rotatable bonds is 2. The summed E-state index contributed by atoms with van der Waals surface area (Å²) in [4.78, 5) is 13.3. The van der Waals surface area contributed by atoms with Gasteiger partial charge < -0.3 is 10.7 Å². The van der Waals surface area contributed by atoms with E-state index in [0.29, 0.717) is 0 Å². The number of halogens is 2. The highest BCUT2D eigenvalue weighted by Crippen LogP contribution is 2.20. The zero-order valence-corrected chi connectivity index (χ0v) is 7.05. The van der Waals surface area contributed by atoms with Crippen LogP contribution in [0.4, 0.5) is 8.78 Å². The molecular formula is C8H7F2N3O. The first-order valence-electron chi connectivity index (χ1n) is 3.74. The minimum absolute atomic E-state index is 0.181. The molecule has 4 nitrogen and oxygen atoms in total. The van der Waals surface area contributed by atoms with Crippen molar-refractivity contribution in [2.24, 2.45) is 5.73 Å². The van der Waals surface area contributed by atoms with Gasteiger partial charge in [0.05, 0.1) is 0 Å². The monoisotopic (exact) mass is 199 g/mol. The summed E-state index contributed by atoms with van der Waals surface area (Å²) < 4.78 is 24.8. The third-order valence-electron chi connectivity index (χ3n) is 1.73. The Hall–Kier alpha value is -1.74. The second-order valence-electron chi connectivity index (χ2n) is 2.56. The summed E-state index contributed by atoms with van der Waals surface area (Å²) in [5.41, 5.74) is 3.56. The maximum absolute atomic E-state index is 12.4. The molecule has 1 aromatic heterocycles. The van der Waals surface area contributed by atoms with Gasteiger partial charge in [0.1, 0.15) is 11.8 Å². The molecule has 3 N–H and O–H groups in total. The molecule has 0 atom stereocenters. The molecule has 6 heteroatoms. The molecule has 0 spiro atoms. The second kappa shape index (κ2) is 3.98. The molecule has 0 saturated carbocycles. The van der Waals surface area contributed by atoms with Crippen LogP contribution in [0, 0.1) is 11.3 Å². The van der Waals surface area contributed by atoms with Gasteiger partial charge in [-0.2, -0.15) is 5.26 Å². The number of hydrogen-bond acceptors (Lipinski definition) is 3. The molecule has 0 saturated heterocycles. The zero-order chi connectivity index (χ0) is 10.7. The molecule has 0 amide bonds. The van der Waals surface area contributed by atoms with Crippen LogP contribution in [0.25, 0.3) is 0 Å². The third-order valence-corrected chi connectivity index (χ3v) is 1.73. The molecule has 0 aliphatic rings. The van der Waals surface area contributed by atoms with Crippen molar-refractivity contribution in [2.75, 3.05) is 0 Å². The molecule has 0 aromatic carbocycles. The number of aromatic amines is 1. The van der Waals surface area contributed by atoms with Gasteiger partial charge >= 0.3 is 0 Å². The van der Waals surface area contributed by atoms with Crippen LogP contribution in [0.3, 0.4) is 0 Å². The van der Waals surface area contributed by atoms with Crippen molar-refractivity contribution in [1.82, 2.24) is 4.98 Å². The topological polar surface area (TPSA) is 82.7 Å². The molecule has 1 rings (SSSR count). The van der Waals surface area contributed by atoms with E-state index in [9.17, 15) is 13.6 Å². The number of nitrogens with two attached hydrogens (primary N) is 1. The Morgan fingerprint density at radius 3 is 2.71 bits per heavy atom. The van der Waals surface area contributed by atoms with E-state index in [2.05, 4.69) is 4.98 Å². The molecule has 0 radical (unpaired) electrons. The standard InChI is InChI=1S/C8H7F2N3O/c9-7(10)5-1-4(2-11)13-8(14)6(5)3-12/h1,7H,3,12H2,(H,13,14). The highest BCUT2D eigenvalue weighted by Gasteiger charge is 2.16. The number of nitrogens with one attached hydrogen (secondary N) is 1. The number of H-pyrrole nitrogens is 1. The van der Waals surface area contributed by atoms with Gasteiger partial charge in [-0.3, -0.25) is 4.79 Å². The quantitative estimate of drug-likeness (QED) is 0.733. The Bertz CT molecular complexity index is 433. The van der Waals surface area contributed by atoms with Crippen LogP contribution in [0.2, 0.25) is 0 Å². The van der Waals surface area contributed by atoms with E-state index >= 15 is 0 Å². The molecule has 14 heavy (non-hydrogen) atoms. The fourth-order valence-electron chi connectivity index (χ4n) is 1.07. The van der Waals surface area contributed by atoms with Crippen molar-refractivity contribution < 1.29 is 8.78 Å². The van der Waals surface area contributed by atoms with Gasteiger partial charge in [0.2, 0.25) is 0 Å². The summed E-state index contributed by atoms with van der Waals surface area (Å²) in [6, 6.07) is 2.52. The maximum Gasteiger partial charge on any atom is 0.264 e. The van der Waals surface area contributed by atoms with Crippen LogP contribution in [0.1, 0.15) is 23.2 Å². The molecule has 0 aliphatic carbocycles. The van der Waals surface area contributed by atoms with Crippen molar-refractivity contribution in [1.29, 1.82) is 5.26 Å². The van der Waals surface area contributed by atoms with E-state index in [0.717, 1.165) is 6.07 Å². The largest absolute Gasteiger partial charge is 0.326 e. The summed E-state index contributed by atoms with van der Waals surface area (Å²) in [6.45, 7) is -0.277. The first-order valence-corrected chi connectivity index (χ1v) is 3.74. The highest BCUT2D eigenvalue weighted by molar-refractivity contribution is 5.32. The highest BCUT2D eigenvalue weighted by atomic mass is 19.3. The number of aromatic nitrogens is 1. The Morgan fingerprint density at radius 1 is 1.64 bits per heavy atom. The van der Waals surface area contributed by atoms with Gasteiger partial charge in [-0.25, -0.2) is 8.78 Å². The maximum atomic E-state index is 12.4. The first kappa shape index (κ1) is 10.3. The normalized spacial score (nSPS) is 10.2. The number of pyridine rings is 1. The summed E-state index contributed by atoms with van der Waals surface area (Å²) in [6.07, 6.45) is -2.80. The van der Waals surface area contributed by atoms with E-state index in [1.807, 2.05) is 0 Å². The van der Waals surface area contributed by atoms with Crippen molar-refractivity contribution in [3.8, 4) is 6.07 Å². The van der Waals surface area contributed by atoms with Crippen LogP contribution in [0.5, 0.6) is 0 Å². The van der Waals surface area contributed by atoms with Crippen LogP contribution >= 0.6 is 0 Å². The lowest BCUT2D eigenvalue weighted by Crippen LogP contribution is -2.20. The fourth-order valence-corrected chi connectivity index (χ4v) is 1.07. The summed E-state index contributed by atoms with van der Waals surface area (Å²) in [5, 5.41) is 8.44. The summed E-state index contributed by atoms with van der Waals surface area (Å²) in [7, 11) is 0. The van der Waals surface area contributed by atoms with Crippen LogP contribution in [-0.2, 0) is 6.54 Å². The number of alkyl halides is 2. The molecule has 74 valence electrons. The van der Waals surface area contributed by atoms with Crippen molar-refractivity contribution in [2.45, 2.75) is 13.0 Å². The lowest BCUT2D eigenvalue weighted by atomic mass is 10.1. The number of hydrogen-bond donors (Lipinski definition) is 2. The predicted molar refractivity (Wildman–Crippen MR) is 44.6 cm³/mol. The minimum atomic E-state index is -2.80. The van der Waals surface area contributed by atoms with E-state index in [1.54, 1.807) is 6.07 Å². The lowest BCUT2D eigenvalue weighted by Gasteiger charge is -2.05. The van der Waals surface area contributed by atoms with E-state index < -0.39 is 17.5 Å². The van der Waals surface area contributed by atoms with E-state index in [1.165, 1.54) is 0 Å². The smallest absolute Gasteiger partial charge is 0.264 e. The Labute approximate surface area is 78.0 Å². The van der Waals surface area contributed by atoms with Gasteiger partial charge in [0.25, 0.3) is 12.0 Å². The van der Waals surface area contributed by atoms with Gasteiger partial charge in [0, 0.05) is 17.7 Å². The first-order chi connectivity index (χ1) is 6.60. The predicted octanol–water partition coefficient (Wildman–Crippen LogP) is 0.643. The minimum Gasteiger partial charge on any atom is -0.326 e. The SMILES string of the molecule is N#Cc1cc(C(F)F)c(CN)c(=O)[nH]1. The van der Waals surface area contributed by atoms with Gasteiger partial charge in [-0.1, -0.05) is 0 Å². The molecule has 0 aliphatic heterocycles. The van der Waals surface area contributed by atoms with Crippen molar-refractivity contribution in [3.63, 3.8) is 0 Å². The average molecular weight is 199 g/mol. The molecule has 1 aromatic rings. The van der Waals surface area contributed by atoms with Gasteiger partial charge in [-0.05, 0) is 6.07 Å². The van der Waals surface area contributed by atoms with E-state index in [-0.39, 0.29) is 17.8 Å². The van der Waals surface area contributed by atoms with Gasteiger partial charge in [-0.15, -0.1) is 0 Å². The number of nitriles is 1. The second-order valence-corrected chi connectivity index (χ2v) is 2.56. The Balaban J connectivity index is 3.45. The zero-order valence-electron chi connectivity index (χ0n) is 7.05. The average Bonchev–Trinajstić information content (AvgIpc) is 2.16. The Morgan fingerprint density at radius 2 is 2.29 bits per heavy atom. The summed E-state index contributed by atoms with van der Waals surface area (Å²) >= 11 is 0. The van der Waals surface area contributed by atoms with Crippen LogP contribution < -0.4 is 11.3 Å². The molecule has 0 bridgehead atoms.